The summed E-state index contributed by atoms with van der Waals surface area (Å²) in [5, 5.41) is 3.18. The third kappa shape index (κ3) is 2.25. The molecule has 2 aromatic rings. The molecule has 80 valence electrons. The monoisotopic (exact) mass is 212 g/mol. The Morgan fingerprint density at radius 2 is 1.94 bits per heavy atom. The minimum absolute atomic E-state index is 0.558. The van der Waals surface area contributed by atoms with Crippen LogP contribution in [0.25, 0.3) is 0 Å². The molecule has 0 aliphatic rings. The van der Waals surface area contributed by atoms with Gasteiger partial charge in [0.1, 0.15) is 0 Å². The van der Waals surface area contributed by atoms with Crippen molar-refractivity contribution in [2.45, 2.75) is 6.92 Å². The van der Waals surface area contributed by atoms with Crippen molar-refractivity contribution < 1.29 is 4.79 Å². The number of anilines is 2. The van der Waals surface area contributed by atoms with E-state index in [1.165, 1.54) is 5.56 Å². The molecular weight excluding hydrogens is 200 g/mol. The molecule has 16 heavy (non-hydrogen) atoms. The molecule has 0 amide bonds. The van der Waals surface area contributed by atoms with Crippen molar-refractivity contribution in [3.8, 4) is 0 Å². The number of hydrogen-bond acceptors (Lipinski definition) is 3. The van der Waals surface area contributed by atoms with Crippen molar-refractivity contribution in [3.05, 3.63) is 53.9 Å². The quantitative estimate of drug-likeness (QED) is 0.795. The Morgan fingerprint density at radius 3 is 2.62 bits per heavy atom. The summed E-state index contributed by atoms with van der Waals surface area (Å²) in [7, 11) is 0. The third-order valence-corrected chi connectivity index (χ3v) is 2.31. The zero-order valence-electron chi connectivity index (χ0n) is 8.97. The summed E-state index contributed by atoms with van der Waals surface area (Å²) in [6.45, 7) is 2.03. The molecule has 3 heteroatoms. The van der Waals surface area contributed by atoms with Crippen molar-refractivity contribution in [1.82, 2.24) is 4.98 Å². The first-order chi connectivity index (χ1) is 7.79. The molecule has 0 saturated carbocycles. The molecule has 0 spiro atoms. The molecule has 0 fully saturated rings. The zero-order valence-corrected chi connectivity index (χ0v) is 8.97. The van der Waals surface area contributed by atoms with Crippen LogP contribution in [-0.4, -0.2) is 11.3 Å². The summed E-state index contributed by atoms with van der Waals surface area (Å²) in [5.74, 6) is 0. The maximum absolute atomic E-state index is 10.8. The first kappa shape index (κ1) is 10.4. The molecule has 1 aromatic heterocycles. The lowest BCUT2D eigenvalue weighted by Crippen LogP contribution is -1.95. The normalized spacial score (nSPS) is 9.81. The number of nitrogens with zero attached hydrogens (tertiary/aromatic N) is 1. The van der Waals surface area contributed by atoms with Gasteiger partial charge in [-0.15, -0.1) is 0 Å². The van der Waals surface area contributed by atoms with Gasteiger partial charge in [-0.1, -0.05) is 17.7 Å². The van der Waals surface area contributed by atoms with Gasteiger partial charge in [-0.25, -0.2) is 0 Å². The second-order valence-electron chi connectivity index (χ2n) is 3.57. The molecule has 0 saturated heterocycles. The van der Waals surface area contributed by atoms with E-state index in [-0.39, 0.29) is 0 Å². The molecule has 1 N–H and O–H groups in total. The number of aromatic nitrogens is 1. The van der Waals surface area contributed by atoms with Gasteiger partial charge < -0.3 is 5.32 Å². The first-order valence-electron chi connectivity index (χ1n) is 5.02. The Bertz CT molecular complexity index is 492. The van der Waals surface area contributed by atoms with Gasteiger partial charge in [0.25, 0.3) is 0 Å². The Morgan fingerprint density at radius 1 is 1.19 bits per heavy atom. The van der Waals surface area contributed by atoms with Crippen molar-refractivity contribution in [3.63, 3.8) is 0 Å². The van der Waals surface area contributed by atoms with E-state index in [0.717, 1.165) is 17.7 Å². The highest BCUT2D eigenvalue weighted by molar-refractivity contribution is 5.85. The van der Waals surface area contributed by atoms with E-state index in [4.69, 9.17) is 0 Å². The number of aldehydes is 1. The number of carbonyl (C=O) groups is 1. The number of aryl methyl sites for hydroxylation is 1. The Kier molecular flexibility index (Phi) is 2.96. The topological polar surface area (TPSA) is 42.0 Å². The van der Waals surface area contributed by atoms with Crippen LogP contribution in [-0.2, 0) is 0 Å². The number of carbonyl (C=O) groups excluding carboxylic acids is 1. The van der Waals surface area contributed by atoms with Crippen LogP contribution in [0.2, 0.25) is 0 Å². The highest BCUT2D eigenvalue weighted by atomic mass is 16.1. The molecule has 0 unspecified atom stereocenters. The Labute approximate surface area is 94.1 Å². The molecule has 0 aliphatic carbocycles. The summed E-state index contributed by atoms with van der Waals surface area (Å²) in [6.07, 6.45) is 4.00. The van der Waals surface area contributed by atoms with Crippen LogP contribution in [0.1, 0.15) is 15.9 Å². The predicted octanol–water partition coefficient (Wildman–Crippen LogP) is 2.95. The highest BCUT2D eigenvalue weighted by Crippen LogP contribution is 2.18. The van der Waals surface area contributed by atoms with Crippen LogP contribution in [0.5, 0.6) is 0 Å². The summed E-state index contributed by atoms with van der Waals surface area (Å²) >= 11 is 0. The van der Waals surface area contributed by atoms with E-state index < -0.39 is 0 Å². The Balaban J connectivity index is 2.26. The number of nitrogens with one attached hydrogen (secondary N) is 1. The van der Waals surface area contributed by atoms with E-state index >= 15 is 0 Å². The van der Waals surface area contributed by atoms with Crippen LogP contribution in [0, 0.1) is 6.92 Å². The summed E-state index contributed by atoms with van der Waals surface area (Å²) in [4.78, 5) is 14.7. The molecule has 0 aliphatic heterocycles. The number of hydrogen-bond donors (Lipinski definition) is 1. The first-order valence-corrected chi connectivity index (χ1v) is 5.02. The SMILES string of the molecule is Cc1ccc(Nc2ccncc2C=O)cc1. The van der Waals surface area contributed by atoms with Crippen molar-refractivity contribution in [2.75, 3.05) is 5.32 Å². The maximum Gasteiger partial charge on any atom is 0.153 e. The van der Waals surface area contributed by atoms with Crippen LogP contribution in [0.3, 0.4) is 0 Å². The third-order valence-electron chi connectivity index (χ3n) is 2.31. The van der Waals surface area contributed by atoms with Gasteiger partial charge in [-0.2, -0.15) is 0 Å². The lowest BCUT2D eigenvalue weighted by Gasteiger charge is -2.08. The second-order valence-corrected chi connectivity index (χ2v) is 3.57. The standard InChI is InChI=1S/C13H12N2O/c1-10-2-4-12(5-3-10)15-13-6-7-14-8-11(13)9-16/h2-9H,1H3,(H,14,15). The van der Waals surface area contributed by atoms with Gasteiger partial charge in [0.15, 0.2) is 6.29 Å². The van der Waals surface area contributed by atoms with E-state index in [1.807, 2.05) is 31.2 Å². The fourth-order valence-corrected chi connectivity index (χ4v) is 1.41. The molecule has 1 heterocycles. The summed E-state index contributed by atoms with van der Waals surface area (Å²) in [5.41, 5.74) is 3.49. The van der Waals surface area contributed by atoms with E-state index in [1.54, 1.807) is 18.5 Å². The molecule has 0 radical (unpaired) electrons. The predicted molar refractivity (Wildman–Crippen MR) is 64.1 cm³/mol. The van der Waals surface area contributed by atoms with Gasteiger partial charge in [0, 0.05) is 18.1 Å². The van der Waals surface area contributed by atoms with Crippen LogP contribution >= 0.6 is 0 Å². The number of rotatable bonds is 3. The van der Waals surface area contributed by atoms with Crippen LogP contribution < -0.4 is 5.32 Å². The average Bonchev–Trinajstić information content (AvgIpc) is 2.33. The Hall–Kier alpha value is -2.16. The van der Waals surface area contributed by atoms with Gasteiger partial charge >= 0.3 is 0 Å². The van der Waals surface area contributed by atoms with Crippen LogP contribution in [0.4, 0.5) is 11.4 Å². The van der Waals surface area contributed by atoms with Gasteiger partial charge in [0.05, 0.1) is 11.3 Å². The molecule has 1 aromatic carbocycles. The average molecular weight is 212 g/mol. The van der Waals surface area contributed by atoms with Gasteiger partial charge in [-0.3, -0.25) is 9.78 Å². The maximum atomic E-state index is 10.8. The minimum Gasteiger partial charge on any atom is -0.355 e. The number of pyridine rings is 1. The lowest BCUT2D eigenvalue weighted by molar-refractivity contribution is 0.112. The number of benzene rings is 1. The fraction of sp³-hybridized carbons (Fsp3) is 0.0769. The lowest BCUT2D eigenvalue weighted by atomic mass is 10.2. The van der Waals surface area contributed by atoms with E-state index in [0.29, 0.717) is 5.56 Å². The van der Waals surface area contributed by atoms with Crippen molar-refractivity contribution in [1.29, 1.82) is 0 Å². The molecule has 0 bridgehead atoms. The summed E-state index contributed by atoms with van der Waals surface area (Å²) < 4.78 is 0. The molecular formula is C13H12N2O. The van der Waals surface area contributed by atoms with Crippen LogP contribution in [0.15, 0.2) is 42.7 Å². The molecule has 0 atom stereocenters. The largest absolute Gasteiger partial charge is 0.355 e. The smallest absolute Gasteiger partial charge is 0.153 e. The molecule has 3 nitrogen and oxygen atoms in total. The van der Waals surface area contributed by atoms with E-state index in [2.05, 4.69) is 10.3 Å². The van der Waals surface area contributed by atoms with Gasteiger partial charge in [-0.05, 0) is 25.1 Å². The van der Waals surface area contributed by atoms with Crippen molar-refractivity contribution in [2.24, 2.45) is 0 Å². The summed E-state index contributed by atoms with van der Waals surface area (Å²) in [6, 6.07) is 9.77. The highest BCUT2D eigenvalue weighted by Gasteiger charge is 2.00. The zero-order chi connectivity index (χ0) is 11.4. The van der Waals surface area contributed by atoms with Crippen molar-refractivity contribution >= 4 is 17.7 Å². The fourth-order valence-electron chi connectivity index (χ4n) is 1.41. The second kappa shape index (κ2) is 4.57. The minimum atomic E-state index is 0.558. The van der Waals surface area contributed by atoms with Gasteiger partial charge in [0.2, 0.25) is 0 Å². The van der Waals surface area contributed by atoms with E-state index in [9.17, 15) is 4.79 Å². The molecule has 2 rings (SSSR count).